The molecule has 1 atom stereocenters. The molecule has 0 aromatic heterocycles. The summed E-state index contributed by atoms with van der Waals surface area (Å²) in [6.07, 6.45) is 4.96. The zero-order chi connectivity index (χ0) is 12.3. The van der Waals surface area contributed by atoms with Crippen molar-refractivity contribution in [3.05, 3.63) is 47.0 Å². The van der Waals surface area contributed by atoms with Gasteiger partial charge >= 0.3 is 0 Å². The number of hydrogen-bond donors (Lipinski definition) is 0. The Kier molecular flexibility index (Phi) is 4.00. The Labute approximate surface area is 110 Å². The van der Waals surface area contributed by atoms with E-state index in [9.17, 15) is 4.79 Å². The summed E-state index contributed by atoms with van der Waals surface area (Å²) in [5.74, 6) is 0.127. The fourth-order valence-corrected chi connectivity index (χ4v) is 2.78. The number of hydrogen-bond acceptors (Lipinski definition) is 1. The van der Waals surface area contributed by atoms with E-state index in [0.717, 1.165) is 35.8 Å². The van der Waals surface area contributed by atoms with E-state index >= 15 is 0 Å². The predicted molar refractivity (Wildman–Crippen MR) is 73.0 cm³/mol. The van der Waals surface area contributed by atoms with E-state index in [0.29, 0.717) is 6.04 Å². The summed E-state index contributed by atoms with van der Waals surface area (Å²) in [6.45, 7) is 4.62. The maximum atomic E-state index is 12.4. The first-order valence-electron chi connectivity index (χ1n) is 5.90. The number of likely N-dealkylation sites (tertiary alicyclic amines) is 1. The number of amides is 1. The summed E-state index contributed by atoms with van der Waals surface area (Å²) in [5, 5.41) is 0. The van der Waals surface area contributed by atoms with Gasteiger partial charge in [0.05, 0.1) is 5.56 Å². The van der Waals surface area contributed by atoms with Gasteiger partial charge in [0.15, 0.2) is 0 Å². The minimum absolute atomic E-state index is 0.127. The molecule has 1 aromatic carbocycles. The van der Waals surface area contributed by atoms with E-state index in [2.05, 4.69) is 22.5 Å². The van der Waals surface area contributed by atoms with Crippen molar-refractivity contribution in [3.8, 4) is 0 Å². The largest absolute Gasteiger partial charge is 0.335 e. The van der Waals surface area contributed by atoms with Gasteiger partial charge in [-0.3, -0.25) is 4.79 Å². The molecule has 0 bridgehead atoms. The van der Waals surface area contributed by atoms with Crippen LogP contribution in [-0.2, 0) is 0 Å². The zero-order valence-electron chi connectivity index (χ0n) is 9.73. The molecule has 17 heavy (non-hydrogen) atoms. The van der Waals surface area contributed by atoms with Crippen LogP contribution in [0.2, 0.25) is 0 Å². The van der Waals surface area contributed by atoms with Crippen molar-refractivity contribution in [2.45, 2.75) is 25.3 Å². The highest BCUT2D eigenvalue weighted by Gasteiger charge is 2.29. The van der Waals surface area contributed by atoms with Crippen LogP contribution in [0.4, 0.5) is 0 Å². The van der Waals surface area contributed by atoms with E-state index in [1.165, 1.54) is 0 Å². The topological polar surface area (TPSA) is 20.3 Å². The van der Waals surface area contributed by atoms with Crippen molar-refractivity contribution >= 4 is 21.8 Å². The van der Waals surface area contributed by atoms with E-state index in [1.54, 1.807) is 0 Å². The molecule has 90 valence electrons. The lowest BCUT2D eigenvalue weighted by Crippen LogP contribution is -2.35. The molecule has 1 fully saturated rings. The van der Waals surface area contributed by atoms with Crippen LogP contribution in [0.1, 0.15) is 29.6 Å². The quantitative estimate of drug-likeness (QED) is 0.780. The van der Waals surface area contributed by atoms with Crippen LogP contribution in [0, 0.1) is 0 Å². The molecule has 3 heteroatoms. The van der Waals surface area contributed by atoms with Crippen LogP contribution < -0.4 is 0 Å². The van der Waals surface area contributed by atoms with Gasteiger partial charge in [0.1, 0.15) is 0 Å². The van der Waals surface area contributed by atoms with Gasteiger partial charge in [-0.15, -0.1) is 6.58 Å². The molecule has 0 saturated carbocycles. The zero-order valence-corrected chi connectivity index (χ0v) is 11.3. The Morgan fingerprint density at radius 3 is 3.00 bits per heavy atom. The van der Waals surface area contributed by atoms with E-state index in [4.69, 9.17) is 0 Å². The Morgan fingerprint density at radius 1 is 1.53 bits per heavy atom. The molecule has 1 saturated heterocycles. The Bertz CT molecular complexity index is 430. The lowest BCUT2D eigenvalue weighted by Gasteiger charge is -2.24. The second-order valence-corrected chi connectivity index (χ2v) is 5.15. The number of carbonyl (C=O) groups excluding carboxylic acids is 1. The van der Waals surface area contributed by atoms with Crippen LogP contribution in [0.25, 0.3) is 0 Å². The normalized spacial score (nSPS) is 19.4. The maximum absolute atomic E-state index is 12.4. The Balaban J connectivity index is 2.20. The Hall–Kier alpha value is -1.09. The van der Waals surface area contributed by atoms with Gasteiger partial charge in [-0.05, 0) is 47.3 Å². The van der Waals surface area contributed by atoms with Crippen LogP contribution in [0.3, 0.4) is 0 Å². The molecule has 1 amide bonds. The summed E-state index contributed by atoms with van der Waals surface area (Å²) in [5.41, 5.74) is 0.753. The van der Waals surface area contributed by atoms with Crippen molar-refractivity contribution < 1.29 is 4.79 Å². The van der Waals surface area contributed by atoms with Gasteiger partial charge in [0.25, 0.3) is 5.91 Å². The third-order valence-corrected chi connectivity index (χ3v) is 3.87. The third kappa shape index (κ3) is 2.60. The van der Waals surface area contributed by atoms with E-state index < -0.39 is 0 Å². The molecule has 2 nitrogen and oxygen atoms in total. The molecular weight excluding hydrogens is 278 g/mol. The highest BCUT2D eigenvalue weighted by atomic mass is 79.9. The molecule has 0 radical (unpaired) electrons. The van der Waals surface area contributed by atoms with Crippen LogP contribution in [-0.4, -0.2) is 23.4 Å². The van der Waals surface area contributed by atoms with Crippen molar-refractivity contribution in [3.63, 3.8) is 0 Å². The minimum atomic E-state index is 0.127. The first-order chi connectivity index (χ1) is 8.24. The SMILES string of the molecule is C=CCC1CCCN1C(=O)c1ccccc1Br. The van der Waals surface area contributed by atoms with Gasteiger partial charge < -0.3 is 4.90 Å². The molecular formula is C14H16BrNO. The van der Waals surface area contributed by atoms with Crippen LogP contribution in [0.5, 0.6) is 0 Å². The molecule has 0 N–H and O–H groups in total. The standard InChI is InChI=1S/C14H16BrNO/c1-2-6-11-7-5-10-16(11)14(17)12-8-3-4-9-13(12)15/h2-4,8-9,11H,1,5-7,10H2. The molecule has 0 spiro atoms. The molecule has 1 aliphatic rings. The average molecular weight is 294 g/mol. The van der Waals surface area contributed by atoms with Crippen LogP contribution >= 0.6 is 15.9 Å². The number of benzene rings is 1. The lowest BCUT2D eigenvalue weighted by atomic mass is 10.1. The average Bonchev–Trinajstić information content (AvgIpc) is 2.78. The van der Waals surface area contributed by atoms with Crippen LogP contribution in [0.15, 0.2) is 41.4 Å². The minimum Gasteiger partial charge on any atom is -0.335 e. The summed E-state index contributed by atoms with van der Waals surface area (Å²) in [6, 6.07) is 7.93. The third-order valence-electron chi connectivity index (χ3n) is 3.18. The number of halogens is 1. The number of carbonyl (C=O) groups is 1. The summed E-state index contributed by atoms with van der Waals surface area (Å²) < 4.78 is 0.870. The number of nitrogens with zero attached hydrogens (tertiary/aromatic N) is 1. The molecule has 1 heterocycles. The first-order valence-corrected chi connectivity index (χ1v) is 6.69. The molecule has 2 rings (SSSR count). The van der Waals surface area contributed by atoms with Crippen molar-refractivity contribution in [2.75, 3.05) is 6.54 Å². The Morgan fingerprint density at radius 2 is 2.29 bits per heavy atom. The van der Waals surface area contributed by atoms with Gasteiger partial charge in [0.2, 0.25) is 0 Å². The van der Waals surface area contributed by atoms with E-state index in [1.807, 2.05) is 35.2 Å². The lowest BCUT2D eigenvalue weighted by molar-refractivity contribution is 0.0737. The van der Waals surface area contributed by atoms with Crippen molar-refractivity contribution in [1.82, 2.24) is 4.90 Å². The fraction of sp³-hybridized carbons (Fsp3) is 0.357. The van der Waals surface area contributed by atoms with Gasteiger partial charge in [-0.2, -0.15) is 0 Å². The number of rotatable bonds is 3. The smallest absolute Gasteiger partial charge is 0.255 e. The first kappa shape index (κ1) is 12.4. The predicted octanol–water partition coefficient (Wildman–Crippen LogP) is 3.63. The van der Waals surface area contributed by atoms with Crippen molar-refractivity contribution in [2.24, 2.45) is 0 Å². The van der Waals surface area contributed by atoms with Gasteiger partial charge in [-0.1, -0.05) is 18.2 Å². The van der Waals surface area contributed by atoms with E-state index in [-0.39, 0.29) is 5.91 Å². The van der Waals surface area contributed by atoms with Gasteiger partial charge in [0, 0.05) is 17.1 Å². The summed E-state index contributed by atoms with van der Waals surface area (Å²) in [4.78, 5) is 14.4. The second-order valence-electron chi connectivity index (χ2n) is 4.30. The molecule has 1 aliphatic heterocycles. The highest BCUT2D eigenvalue weighted by Crippen LogP contribution is 2.25. The maximum Gasteiger partial charge on any atom is 0.255 e. The van der Waals surface area contributed by atoms with Gasteiger partial charge in [-0.25, -0.2) is 0 Å². The monoisotopic (exact) mass is 293 g/mol. The summed E-state index contributed by atoms with van der Waals surface area (Å²) in [7, 11) is 0. The highest BCUT2D eigenvalue weighted by molar-refractivity contribution is 9.10. The fourth-order valence-electron chi connectivity index (χ4n) is 2.33. The molecule has 0 aliphatic carbocycles. The van der Waals surface area contributed by atoms with Crippen molar-refractivity contribution in [1.29, 1.82) is 0 Å². The molecule has 1 aromatic rings. The second kappa shape index (κ2) is 5.50. The summed E-state index contributed by atoms with van der Waals surface area (Å²) >= 11 is 3.44. The molecule has 1 unspecified atom stereocenters.